The molecule has 2 aromatic heterocycles. The summed E-state index contributed by atoms with van der Waals surface area (Å²) in [6, 6.07) is 11.5. The van der Waals surface area contributed by atoms with E-state index in [4.69, 9.17) is 0 Å². The Balaban J connectivity index is 1.78. The maximum absolute atomic E-state index is 12.6. The topological polar surface area (TPSA) is 93.1 Å². The van der Waals surface area contributed by atoms with Gasteiger partial charge in [0.1, 0.15) is 11.4 Å². The van der Waals surface area contributed by atoms with E-state index < -0.39 is 5.91 Å². The number of rotatable bonds is 6. The minimum atomic E-state index is -0.419. The summed E-state index contributed by atoms with van der Waals surface area (Å²) in [5.41, 5.74) is 0.739. The first kappa shape index (κ1) is 17.8. The van der Waals surface area contributed by atoms with Gasteiger partial charge in [-0.1, -0.05) is 30.3 Å². The summed E-state index contributed by atoms with van der Waals surface area (Å²) >= 11 is 1.43. The van der Waals surface area contributed by atoms with E-state index >= 15 is 0 Å². The number of benzene rings is 1. The van der Waals surface area contributed by atoms with Crippen LogP contribution in [0.4, 0.5) is 0 Å². The maximum atomic E-state index is 12.6. The molecule has 0 atom stereocenters. The number of nitrogens with one attached hydrogen (secondary N) is 2. The minimum absolute atomic E-state index is 0.117. The van der Waals surface area contributed by atoms with Gasteiger partial charge in [0.15, 0.2) is 0 Å². The molecule has 0 bridgehead atoms. The third-order valence-corrected chi connectivity index (χ3v) is 4.80. The molecule has 0 aliphatic heterocycles. The average molecular weight is 370 g/mol. The highest BCUT2D eigenvalue weighted by atomic mass is 32.1. The van der Waals surface area contributed by atoms with Gasteiger partial charge in [-0.3, -0.25) is 19.0 Å². The minimum Gasteiger partial charge on any atom is -0.355 e. The lowest BCUT2D eigenvalue weighted by Gasteiger charge is -2.07. The number of hydrogen-bond donors (Lipinski definition) is 2. The molecule has 26 heavy (non-hydrogen) atoms. The molecule has 0 spiro atoms. The molecule has 0 aliphatic carbocycles. The summed E-state index contributed by atoms with van der Waals surface area (Å²) in [6.07, 6.45) is 1.36. The van der Waals surface area contributed by atoms with Gasteiger partial charge in [0, 0.05) is 11.4 Å². The van der Waals surface area contributed by atoms with Crippen LogP contribution in [0.15, 0.2) is 47.5 Å². The van der Waals surface area contributed by atoms with Gasteiger partial charge >= 0.3 is 0 Å². The smallest absolute Gasteiger partial charge is 0.262 e. The van der Waals surface area contributed by atoms with Crippen molar-refractivity contribution in [2.45, 2.75) is 13.5 Å². The number of carbonyl (C=O) groups is 2. The Labute approximate surface area is 153 Å². The molecular formula is C18H18N4O3S. The third-order valence-electron chi connectivity index (χ3n) is 3.71. The van der Waals surface area contributed by atoms with E-state index in [-0.39, 0.29) is 24.6 Å². The van der Waals surface area contributed by atoms with E-state index in [1.807, 2.05) is 30.3 Å². The van der Waals surface area contributed by atoms with Crippen LogP contribution in [0.3, 0.4) is 0 Å². The SMILES string of the molecule is CCNC(=O)CNC(=O)Cn1cnc2sc(-c3ccccc3)cc2c1=O. The van der Waals surface area contributed by atoms with Crippen molar-refractivity contribution in [2.75, 3.05) is 13.1 Å². The Hall–Kier alpha value is -3.00. The quantitative estimate of drug-likeness (QED) is 0.685. The van der Waals surface area contributed by atoms with Crippen LogP contribution in [0.2, 0.25) is 0 Å². The number of carbonyl (C=O) groups excluding carboxylic acids is 2. The van der Waals surface area contributed by atoms with E-state index in [1.54, 1.807) is 13.0 Å². The predicted octanol–water partition coefficient (Wildman–Crippen LogP) is 1.38. The van der Waals surface area contributed by atoms with Crippen molar-refractivity contribution >= 4 is 33.4 Å². The summed E-state index contributed by atoms with van der Waals surface area (Å²) in [7, 11) is 0. The molecule has 2 heterocycles. The molecule has 8 heteroatoms. The highest BCUT2D eigenvalue weighted by molar-refractivity contribution is 7.21. The molecule has 3 rings (SSSR count). The van der Waals surface area contributed by atoms with Crippen molar-refractivity contribution in [3.63, 3.8) is 0 Å². The lowest BCUT2D eigenvalue weighted by Crippen LogP contribution is -2.39. The molecule has 0 radical (unpaired) electrons. The van der Waals surface area contributed by atoms with Crippen molar-refractivity contribution < 1.29 is 9.59 Å². The lowest BCUT2D eigenvalue weighted by molar-refractivity contribution is -0.126. The van der Waals surface area contributed by atoms with Gasteiger partial charge in [0.2, 0.25) is 11.8 Å². The van der Waals surface area contributed by atoms with Gasteiger partial charge in [-0.05, 0) is 18.6 Å². The average Bonchev–Trinajstić information content (AvgIpc) is 3.09. The molecule has 7 nitrogen and oxygen atoms in total. The maximum Gasteiger partial charge on any atom is 0.262 e. The Kier molecular flexibility index (Phi) is 5.43. The summed E-state index contributed by atoms with van der Waals surface area (Å²) < 4.78 is 1.25. The molecule has 0 saturated carbocycles. The molecule has 2 N–H and O–H groups in total. The molecule has 0 unspecified atom stereocenters. The molecule has 0 fully saturated rings. The second-order valence-electron chi connectivity index (χ2n) is 5.60. The summed E-state index contributed by atoms with van der Waals surface area (Å²) in [5.74, 6) is -0.690. The fourth-order valence-corrected chi connectivity index (χ4v) is 3.46. The van der Waals surface area contributed by atoms with Crippen LogP contribution in [0.1, 0.15) is 6.92 Å². The van der Waals surface area contributed by atoms with Crippen molar-refractivity contribution in [1.82, 2.24) is 20.2 Å². The number of nitrogens with zero attached hydrogens (tertiary/aromatic N) is 2. The first-order valence-corrected chi connectivity index (χ1v) is 8.98. The molecule has 3 aromatic rings. The normalized spacial score (nSPS) is 10.7. The van der Waals surface area contributed by atoms with Crippen molar-refractivity contribution in [2.24, 2.45) is 0 Å². The zero-order chi connectivity index (χ0) is 18.5. The first-order valence-electron chi connectivity index (χ1n) is 8.16. The predicted molar refractivity (Wildman–Crippen MR) is 101 cm³/mol. The Bertz CT molecular complexity index is 995. The van der Waals surface area contributed by atoms with Crippen LogP contribution in [0.5, 0.6) is 0 Å². The van der Waals surface area contributed by atoms with E-state index in [0.29, 0.717) is 16.8 Å². The zero-order valence-corrected chi connectivity index (χ0v) is 15.0. The number of fused-ring (bicyclic) bond motifs is 1. The van der Waals surface area contributed by atoms with Crippen LogP contribution in [0, 0.1) is 0 Å². The monoisotopic (exact) mass is 370 g/mol. The largest absolute Gasteiger partial charge is 0.355 e. The highest BCUT2D eigenvalue weighted by Crippen LogP contribution is 2.30. The van der Waals surface area contributed by atoms with E-state index in [0.717, 1.165) is 10.4 Å². The van der Waals surface area contributed by atoms with Crippen LogP contribution < -0.4 is 16.2 Å². The van der Waals surface area contributed by atoms with Crippen LogP contribution in [0.25, 0.3) is 20.7 Å². The van der Waals surface area contributed by atoms with Crippen molar-refractivity contribution in [1.29, 1.82) is 0 Å². The van der Waals surface area contributed by atoms with Crippen molar-refractivity contribution in [3.05, 3.63) is 53.1 Å². The summed E-state index contributed by atoms with van der Waals surface area (Å²) in [5, 5.41) is 5.55. The fourth-order valence-electron chi connectivity index (χ4n) is 2.47. The molecule has 134 valence electrons. The number of amides is 2. The van der Waals surface area contributed by atoms with Gasteiger partial charge in [0.25, 0.3) is 5.56 Å². The first-order chi connectivity index (χ1) is 12.6. The number of thiophene rings is 1. The standard InChI is InChI=1S/C18H18N4O3S/c1-2-19-15(23)9-20-16(24)10-22-11-21-17-13(18(22)25)8-14(26-17)12-6-4-3-5-7-12/h3-8,11H,2,9-10H2,1H3,(H,19,23)(H,20,24). The Morgan fingerprint density at radius 1 is 1.15 bits per heavy atom. The fraction of sp³-hybridized carbons (Fsp3) is 0.222. The highest BCUT2D eigenvalue weighted by Gasteiger charge is 2.12. The molecule has 0 aliphatic rings. The number of likely N-dealkylation sites (N-methyl/N-ethyl adjacent to an activating group) is 1. The second-order valence-corrected chi connectivity index (χ2v) is 6.63. The van der Waals surface area contributed by atoms with Crippen LogP contribution >= 0.6 is 11.3 Å². The summed E-state index contributed by atoms with van der Waals surface area (Å²) in [4.78, 5) is 41.8. The van der Waals surface area contributed by atoms with E-state index in [2.05, 4.69) is 15.6 Å². The lowest BCUT2D eigenvalue weighted by atomic mass is 10.2. The van der Waals surface area contributed by atoms with Gasteiger partial charge in [-0.2, -0.15) is 0 Å². The van der Waals surface area contributed by atoms with Crippen molar-refractivity contribution in [3.8, 4) is 10.4 Å². The van der Waals surface area contributed by atoms with Gasteiger partial charge in [-0.15, -0.1) is 11.3 Å². The van der Waals surface area contributed by atoms with Gasteiger partial charge in [-0.25, -0.2) is 4.98 Å². The van der Waals surface area contributed by atoms with E-state index in [1.165, 1.54) is 22.2 Å². The Morgan fingerprint density at radius 3 is 2.65 bits per heavy atom. The number of aromatic nitrogens is 2. The Morgan fingerprint density at radius 2 is 1.92 bits per heavy atom. The molecule has 0 saturated heterocycles. The second kappa shape index (κ2) is 7.92. The van der Waals surface area contributed by atoms with E-state index in [9.17, 15) is 14.4 Å². The molecular weight excluding hydrogens is 352 g/mol. The van der Waals surface area contributed by atoms with Crippen LogP contribution in [-0.4, -0.2) is 34.5 Å². The third kappa shape index (κ3) is 3.97. The molecule has 1 aromatic carbocycles. The zero-order valence-electron chi connectivity index (χ0n) is 14.2. The van der Waals surface area contributed by atoms with Gasteiger partial charge < -0.3 is 10.6 Å². The molecule has 2 amide bonds. The number of hydrogen-bond acceptors (Lipinski definition) is 5. The van der Waals surface area contributed by atoms with Crippen LogP contribution in [-0.2, 0) is 16.1 Å². The summed E-state index contributed by atoms with van der Waals surface area (Å²) in [6.45, 7) is 1.99. The van der Waals surface area contributed by atoms with Gasteiger partial charge in [0.05, 0.1) is 18.3 Å².